The van der Waals surface area contributed by atoms with E-state index in [1.54, 1.807) is 30.5 Å². The number of aryl methyl sites for hydroxylation is 1. The van der Waals surface area contributed by atoms with Gasteiger partial charge in [0.1, 0.15) is 6.10 Å². The summed E-state index contributed by atoms with van der Waals surface area (Å²) in [6.45, 7) is 6.46. The van der Waals surface area contributed by atoms with Gasteiger partial charge < -0.3 is 9.84 Å². The molecule has 4 rings (SSSR count). The van der Waals surface area contributed by atoms with Gasteiger partial charge in [0.2, 0.25) is 11.7 Å². The molecule has 8 heteroatoms. The lowest BCUT2D eigenvalue weighted by molar-refractivity contribution is -0.151. The van der Waals surface area contributed by atoms with E-state index in [-0.39, 0.29) is 17.6 Å². The Morgan fingerprint density at radius 3 is 2.49 bits per heavy atom. The number of carboxylic acid groups (broad SMARTS) is 1. The standard InChI is InChI=1S/C27H34ClN3O4/c1-4-5-6-15-30-24(35-21-13-9-19(10-14-21)27(2,3)25(33)34)16-23(32)31-17-22(29-26(30)31)18-7-11-20(28)12-8-18/h7-8,11-12,16-17,19,21H,4-6,9-10,13-15H2,1-3H3,(H,33,34). The molecule has 1 aliphatic rings. The molecular weight excluding hydrogens is 466 g/mol. The number of aliphatic carboxylic acids is 1. The number of halogens is 1. The summed E-state index contributed by atoms with van der Waals surface area (Å²) in [5.41, 5.74) is 0.659. The zero-order valence-corrected chi connectivity index (χ0v) is 21.4. The van der Waals surface area contributed by atoms with Crippen LogP contribution in [0, 0.1) is 11.3 Å². The first-order chi connectivity index (χ1) is 16.7. The van der Waals surface area contributed by atoms with Crippen LogP contribution >= 0.6 is 11.6 Å². The molecule has 1 aromatic carbocycles. The van der Waals surface area contributed by atoms with E-state index in [9.17, 15) is 14.7 Å². The Balaban J connectivity index is 1.63. The summed E-state index contributed by atoms with van der Waals surface area (Å²) in [6, 6.07) is 8.96. The van der Waals surface area contributed by atoms with Gasteiger partial charge in [-0.05, 0) is 64.0 Å². The fraction of sp³-hybridized carbons (Fsp3) is 0.519. The van der Waals surface area contributed by atoms with Gasteiger partial charge in [0.05, 0.1) is 17.2 Å². The average Bonchev–Trinajstić information content (AvgIpc) is 3.28. The van der Waals surface area contributed by atoms with Crippen molar-refractivity contribution in [1.29, 1.82) is 0 Å². The summed E-state index contributed by atoms with van der Waals surface area (Å²) in [5, 5.41) is 10.2. The van der Waals surface area contributed by atoms with Gasteiger partial charge in [0.25, 0.3) is 5.56 Å². The first kappa shape index (κ1) is 25.3. The average molecular weight is 500 g/mol. The molecule has 0 saturated heterocycles. The van der Waals surface area contributed by atoms with E-state index in [4.69, 9.17) is 21.3 Å². The fourth-order valence-corrected chi connectivity index (χ4v) is 5.04. The monoisotopic (exact) mass is 499 g/mol. The molecule has 1 aliphatic carbocycles. The molecule has 1 N–H and O–H groups in total. The number of nitrogens with zero attached hydrogens (tertiary/aromatic N) is 3. The molecule has 3 aromatic rings. The van der Waals surface area contributed by atoms with Crippen molar-refractivity contribution in [1.82, 2.24) is 14.0 Å². The van der Waals surface area contributed by atoms with Crippen molar-refractivity contribution in [3.63, 3.8) is 0 Å². The molecule has 2 aromatic heterocycles. The van der Waals surface area contributed by atoms with Crippen molar-refractivity contribution in [3.8, 4) is 17.1 Å². The summed E-state index contributed by atoms with van der Waals surface area (Å²) in [6.07, 6.45) is 7.92. The number of benzene rings is 1. The lowest BCUT2D eigenvalue weighted by Crippen LogP contribution is -2.37. The molecule has 1 fully saturated rings. The molecule has 0 aliphatic heterocycles. The maximum Gasteiger partial charge on any atom is 0.309 e. The Bertz CT molecular complexity index is 1240. The highest BCUT2D eigenvalue weighted by Gasteiger charge is 2.39. The molecule has 188 valence electrons. The van der Waals surface area contributed by atoms with Crippen molar-refractivity contribution in [2.24, 2.45) is 11.3 Å². The Kier molecular flexibility index (Phi) is 7.55. The summed E-state index contributed by atoms with van der Waals surface area (Å²) < 4.78 is 9.99. The second-order valence-corrected chi connectivity index (χ2v) is 10.5. The Morgan fingerprint density at radius 1 is 1.17 bits per heavy atom. The molecule has 0 unspecified atom stereocenters. The predicted molar refractivity (Wildman–Crippen MR) is 137 cm³/mol. The number of imidazole rings is 1. The van der Waals surface area contributed by atoms with Gasteiger partial charge in [-0.1, -0.05) is 43.5 Å². The highest BCUT2D eigenvalue weighted by atomic mass is 35.5. The second kappa shape index (κ2) is 10.4. The number of aromatic nitrogens is 3. The molecule has 2 heterocycles. The Labute approximate surface area is 210 Å². The molecule has 7 nitrogen and oxygen atoms in total. The maximum atomic E-state index is 13.0. The van der Waals surface area contributed by atoms with Gasteiger partial charge in [0, 0.05) is 23.3 Å². The maximum absolute atomic E-state index is 13.0. The van der Waals surface area contributed by atoms with E-state index < -0.39 is 11.4 Å². The van der Waals surface area contributed by atoms with Crippen LogP contribution in [0.4, 0.5) is 0 Å². The summed E-state index contributed by atoms with van der Waals surface area (Å²) >= 11 is 6.04. The number of fused-ring (bicyclic) bond motifs is 1. The van der Waals surface area contributed by atoms with Crippen LogP contribution in [0.2, 0.25) is 5.02 Å². The summed E-state index contributed by atoms with van der Waals surface area (Å²) in [7, 11) is 0. The summed E-state index contributed by atoms with van der Waals surface area (Å²) in [5.74, 6) is 0.457. The molecule has 0 spiro atoms. The van der Waals surface area contributed by atoms with Crippen LogP contribution in [0.5, 0.6) is 5.88 Å². The molecule has 0 bridgehead atoms. The third-order valence-corrected chi connectivity index (χ3v) is 7.59. The molecule has 0 amide bonds. The number of unbranched alkanes of at least 4 members (excludes halogenated alkanes) is 2. The Morgan fingerprint density at radius 2 is 1.86 bits per heavy atom. The van der Waals surface area contributed by atoms with Crippen LogP contribution in [0.25, 0.3) is 17.0 Å². The Hall–Kier alpha value is -2.80. The number of rotatable bonds is 9. The zero-order valence-electron chi connectivity index (χ0n) is 20.7. The van der Waals surface area contributed by atoms with E-state index in [1.807, 2.05) is 28.8 Å². The SMILES string of the molecule is CCCCCn1c(OC2CCC(C(C)(C)C(=O)O)CC2)cc(=O)n2cc(-c3ccc(Cl)cc3)nc12. The van der Waals surface area contributed by atoms with Gasteiger partial charge in [-0.2, -0.15) is 0 Å². The lowest BCUT2D eigenvalue weighted by Gasteiger charge is -2.36. The van der Waals surface area contributed by atoms with E-state index in [1.165, 1.54) is 0 Å². The first-order valence-electron chi connectivity index (χ1n) is 12.5. The normalized spacial score (nSPS) is 18.6. The van der Waals surface area contributed by atoms with Crippen LogP contribution in [-0.4, -0.2) is 31.1 Å². The molecule has 1 saturated carbocycles. The van der Waals surface area contributed by atoms with Gasteiger partial charge in [-0.3, -0.25) is 18.6 Å². The number of carbonyl (C=O) groups is 1. The quantitative estimate of drug-likeness (QED) is 0.362. The first-order valence-corrected chi connectivity index (χ1v) is 12.9. The molecule has 35 heavy (non-hydrogen) atoms. The smallest absolute Gasteiger partial charge is 0.309 e. The third-order valence-electron chi connectivity index (χ3n) is 7.34. The number of ether oxygens (including phenoxy) is 1. The topological polar surface area (TPSA) is 85.8 Å². The fourth-order valence-electron chi connectivity index (χ4n) is 4.91. The van der Waals surface area contributed by atoms with Crippen molar-refractivity contribution >= 4 is 23.3 Å². The second-order valence-electron chi connectivity index (χ2n) is 10.1. The molecular formula is C27H34ClN3O4. The number of hydrogen-bond acceptors (Lipinski definition) is 4. The predicted octanol–water partition coefficient (Wildman–Crippen LogP) is 6.06. The minimum absolute atomic E-state index is 0.0548. The third kappa shape index (κ3) is 5.40. The number of carboxylic acids is 1. The van der Waals surface area contributed by atoms with Crippen molar-refractivity contribution in [3.05, 3.63) is 51.9 Å². The molecule has 0 radical (unpaired) electrons. The van der Waals surface area contributed by atoms with E-state index >= 15 is 0 Å². The van der Waals surface area contributed by atoms with Crippen LogP contribution in [0.15, 0.2) is 41.3 Å². The number of hydrogen-bond donors (Lipinski definition) is 1. The van der Waals surface area contributed by atoms with Crippen LogP contribution in [0.3, 0.4) is 0 Å². The van der Waals surface area contributed by atoms with Gasteiger partial charge in [0.15, 0.2) is 0 Å². The van der Waals surface area contributed by atoms with Gasteiger partial charge in [-0.15, -0.1) is 0 Å². The van der Waals surface area contributed by atoms with E-state index in [0.29, 0.717) is 28.9 Å². The van der Waals surface area contributed by atoms with E-state index in [2.05, 4.69) is 6.92 Å². The molecule has 0 atom stereocenters. The highest BCUT2D eigenvalue weighted by Crippen LogP contribution is 2.39. The lowest BCUT2D eigenvalue weighted by atomic mass is 9.70. The summed E-state index contributed by atoms with van der Waals surface area (Å²) in [4.78, 5) is 29.5. The van der Waals surface area contributed by atoms with Gasteiger partial charge in [-0.25, -0.2) is 4.98 Å². The van der Waals surface area contributed by atoms with Gasteiger partial charge >= 0.3 is 5.97 Å². The van der Waals surface area contributed by atoms with Crippen LogP contribution in [0.1, 0.15) is 65.7 Å². The van der Waals surface area contributed by atoms with Crippen molar-refractivity contribution < 1.29 is 14.6 Å². The van der Waals surface area contributed by atoms with Crippen molar-refractivity contribution in [2.45, 2.75) is 78.4 Å². The largest absolute Gasteiger partial charge is 0.481 e. The highest BCUT2D eigenvalue weighted by molar-refractivity contribution is 6.30. The van der Waals surface area contributed by atoms with Crippen LogP contribution in [-0.2, 0) is 11.3 Å². The minimum Gasteiger partial charge on any atom is -0.481 e. The van der Waals surface area contributed by atoms with E-state index in [0.717, 1.165) is 50.5 Å². The minimum atomic E-state index is -0.757. The zero-order chi connectivity index (χ0) is 25.2. The van der Waals surface area contributed by atoms with Crippen molar-refractivity contribution in [2.75, 3.05) is 0 Å². The van der Waals surface area contributed by atoms with Crippen LogP contribution < -0.4 is 10.3 Å².